The van der Waals surface area contributed by atoms with Gasteiger partial charge in [-0.05, 0) is 50.6 Å². The third-order valence-electron chi connectivity index (χ3n) is 5.90. The molecule has 0 aliphatic carbocycles. The molecule has 1 N–H and O–H groups in total. The van der Waals surface area contributed by atoms with E-state index >= 15 is 0 Å². The molecule has 1 amide bonds. The highest BCUT2D eigenvalue weighted by molar-refractivity contribution is 7.87. The zero-order valence-corrected chi connectivity index (χ0v) is 19.3. The number of benzene rings is 1. The van der Waals surface area contributed by atoms with Gasteiger partial charge in [0.2, 0.25) is 0 Å². The summed E-state index contributed by atoms with van der Waals surface area (Å²) in [6.07, 6.45) is 3.06. The molecular weight excluding hydrogens is 420 g/mol. The van der Waals surface area contributed by atoms with Crippen LogP contribution in [0.5, 0.6) is 5.75 Å². The second-order valence-corrected chi connectivity index (χ2v) is 9.58. The summed E-state index contributed by atoms with van der Waals surface area (Å²) in [6.45, 7) is 5.43. The SMILES string of the molecule is CCOC(=O)N1CCN(S(=O)(=O)NCC(c2ccc(OC)cc2)N2CCCCC2)CC1. The van der Waals surface area contributed by atoms with Crippen molar-refractivity contribution in [2.45, 2.75) is 32.2 Å². The molecule has 1 aromatic rings. The number of hydrogen-bond acceptors (Lipinski definition) is 6. The van der Waals surface area contributed by atoms with Crippen molar-refractivity contribution >= 4 is 16.3 Å². The first-order valence-corrected chi connectivity index (χ1v) is 12.4. The zero-order chi connectivity index (χ0) is 22.3. The quantitative estimate of drug-likeness (QED) is 0.644. The molecule has 3 rings (SSSR count). The minimum Gasteiger partial charge on any atom is -0.497 e. The van der Waals surface area contributed by atoms with Crippen LogP contribution in [0, 0.1) is 0 Å². The van der Waals surface area contributed by atoms with Crippen molar-refractivity contribution in [2.24, 2.45) is 0 Å². The second kappa shape index (κ2) is 11.1. The molecule has 1 aromatic carbocycles. The molecule has 2 saturated heterocycles. The maximum absolute atomic E-state index is 12.9. The molecule has 0 saturated carbocycles. The van der Waals surface area contributed by atoms with Crippen LogP contribution in [0.2, 0.25) is 0 Å². The van der Waals surface area contributed by atoms with Gasteiger partial charge in [0.05, 0.1) is 13.7 Å². The molecule has 9 nitrogen and oxygen atoms in total. The van der Waals surface area contributed by atoms with Gasteiger partial charge in [-0.1, -0.05) is 18.6 Å². The number of nitrogens with zero attached hydrogens (tertiary/aromatic N) is 3. The molecule has 0 bridgehead atoms. The molecule has 1 atom stereocenters. The molecule has 31 heavy (non-hydrogen) atoms. The van der Waals surface area contributed by atoms with Crippen LogP contribution in [-0.2, 0) is 14.9 Å². The highest BCUT2D eigenvalue weighted by atomic mass is 32.2. The minimum atomic E-state index is -3.65. The first-order chi connectivity index (χ1) is 14.9. The molecule has 0 spiro atoms. The normalized spacial score (nSPS) is 19.7. The Hall–Kier alpha value is -1.88. The van der Waals surface area contributed by atoms with E-state index in [1.165, 1.54) is 10.7 Å². The summed E-state index contributed by atoms with van der Waals surface area (Å²) in [5, 5.41) is 0. The van der Waals surface area contributed by atoms with E-state index in [2.05, 4.69) is 9.62 Å². The van der Waals surface area contributed by atoms with Crippen molar-refractivity contribution in [2.75, 3.05) is 59.5 Å². The number of rotatable bonds is 8. The highest BCUT2D eigenvalue weighted by Gasteiger charge is 2.31. The number of nitrogens with one attached hydrogen (secondary N) is 1. The number of carbonyl (C=O) groups is 1. The largest absolute Gasteiger partial charge is 0.497 e. The predicted octanol–water partition coefficient (Wildman–Crippen LogP) is 1.83. The van der Waals surface area contributed by atoms with Crippen molar-refractivity contribution in [1.29, 1.82) is 0 Å². The lowest BCUT2D eigenvalue weighted by atomic mass is 10.0. The van der Waals surface area contributed by atoms with Gasteiger partial charge in [0.1, 0.15) is 5.75 Å². The van der Waals surface area contributed by atoms with Crippen molar-refractivity contribution in [3.8, 4) is 5.75 Å². The van der Waals surface area contributed by atoms with Crippen molar-refractivity contribution in [3.63, 3.8) is 0 Å². The van der Waals surface area contributed by atoms with Crippen LogP contribution in [0.1, 0.15) is 37.8 Å². The Balaban J connectivity index is 1.63. The Labute approximate surface area is 185 Å². The molecule has 0 radical (unpaired) electrons. The average molecular weight is 455 g/mol. The van der Waals surface area contributed by atoms with Gasteiger partial charge in [-0.25, -0.2) is 9.52 Å². The van der Waals surface area contributed by atoms with Gasteiger partial charge >= 0.3 is 6.09 Å². The van der Waals surface area contributed by atoms with Crippen molar-refractivity contribution < 1.29 is 22.7 Å². The summed E-state index contributed by atoms with van der Waals surface area (Å²) >= 11 is 0. The zero-order valence-electron chi connectivity index (χ0n) is 18.5. The summed E-state index contributed by atoms with van der Waals surface area (Å²) in [7, 11) is -2.01. The number of hydrogen-bond donors (Lipinski definition) is 1. The Bertz CT molecular complexity index is 804. The standard InChI is InChI=1S/C21H34N4O5S/c1-3-30-21(26)24-13-15-25(16-14-24)31(27,28)22-17-20(23-11-5-4-6-12-23)18-7-9-19(29-2)10-8-18/h7-10,20,22H,3-6,11-17H2,1-2H3. The maximum atomic E-state index is 12.9. The lowest BCUT2D eigenvalue weighted by Crippen LogP contribution is -2.54. The molecule has 2 heterocycles. The van der Waals surface area contributed by atoms with E-state index in [0.29, 0.717) is 26.2 Å². The van der Waals surface area contributed by atoms with E-state index in [0.717, 1.165) is 37.2 Å². The van der Waals surface area contributed by atoms with Crippen LogP contribution >= 0.6 is 0 Å². The van der Waals surface area contributed by atoms with Crippen LogP contribution < -0.4 is 9.46 Å². The summed E-state index contributed by atoms with van der Waals surface area (Å²) < 4.78 is 40.4. The molecule has 174 valence electrons. The molecule has 2 aliphatic rings. The highest BCUT2D eigenvalue weighted by Crippen LogP contribution is 2.26. The molecular formula is C21H34N4O5S. The minimum absolute atomic E-state index is 0.0400. The molecule has 0 aromatic heterocycles. The van der Waals surface area contributed by atoms with Crippen LogP contribution in [-0.4, -0.2) is 88.1 Å². The topological polar surface area (TPSA) is 91.4 Å². The molecule has 2 fully saturated rings. The van der Waals surface area contributed by atoms with Crippen LogP contribution in [0.4, 0.5) is 4.79 Å². The summed E-state index contributed by atoms with van der Waals surface area (Å²) in [5.74, 6) is 0.779. The number of amides is 1. The number of likely N-dealkylation sites (tertiary alicyclic amines) is 1. The summed E-state index contributed by atoms with van der Waals surface area (Å²) in [6, 6.07) is 7.79. The molecule has 2 aliphatic heterocycles. The van der Waals surface area contributed by atoms with Gasteiger partial charge in [-0.2, -0.15) is 12.7 Å². The lowest BCUT2D eigenvalue weighted by Gasteiger charge is -2.36. The van der Waals surface area contributed by atoms with E-state index in [-0.39, 0.29) is 19.1 Å². The van der Waals surface area contributed by atoms with Crippen molar-refractivity contribution in [3.05, 3.63) is 29.8 Å². The third kappa shape index (κ3) is 6.31. The average Bonchev–Trinajstić information content (AvgIpc) is 2.80. The smallest absolute Gasteiger partial charge is 0.409 e. The van der Waals surface area contributed by atoms with E-state index in [9.17, 15) is 13.2 Å². The first kappa shape index (κ1) is 23.8. The van der Waals surface area contributed by atoms with E-state index in [1.54, 1.807) is 18.9 Å². The number of piperidine rings is 1. The fourth-order valence-corrected chi connectivity index (χ4v) is 5.31. The number of methoxy groups -OCH3 is 1. The fraction of sp³-hybridized carbons (Fsp3) is 0.667. The van der Waals surface area contributed by atoms with Crippen molar-refractivity contribution in [1.82, 2.24) is 18.8 Å². The Morgan fingerprint density at radius 2 is 1.68 bits per heavy atom. The van der Waals surface area contributed by atoms with Gasteiger partial charge in [0.15, 0.2) is 0 Å². The number of ether oxygens (including phenoxy) is 2. The monoisotopic (exact) mass is 454 g/mol. The van der Waals surface area contributed by atoms with E-state index < -0.39 is 16.3 Å². The second-order valence-electron chi connectivity index (χ2n) is 7.82. The van der Waals surface area contributed by atoms with E-state index in [4.69, 9.17) is 9.47 Å². The Morgan fingerprint density at radius 3 is 2.26 bits per heavy atom. The number of piperazine rings is 1. The first-order valence-electron chi connectivity index (χ1n) is 11.0. The summed E-state index contributed by atoms with van der Waals surface area (Å²) in [5.41, 5.74) is 1.07. The van der Waals surface area contributed by atoms with Gasteiger partial charge in [0, 0.05) is 38.8 Å². The van der Waals surface area contributed by atoms with E-state index in [1.807, 2.05) is 24.3 Å². The van der Waals surface area contributed by atoms with Crippen LogP contribution in [0.3, 0.4) is 0 Å². The fourth-order valence-electron chi connectivity index (χ4n) is 4.12. The van der Waals surface area contributed by atoms with Gasteiger partial charge in [-0.15, -0.1) is 0 Å². The Morgan fingerprint density at radius 1 is 1.03 bits per heavy atom. The van der Waals surface area contributed by atoms with Gasteiger partial charge < -0.3 is 14.4 Å². The van der Waals surface area contributed by atoms with Gasteiger partial charge in [-0.3, -0.25) is 4.90 Å². The maximum Gasteiger partial charge on any atom is 0.409 e. The number of carbonyl (C=O) groups excluding carboxylic acids is 1. The van der Waals surface area contributed by atoms with Crippen LogP contribution in [0.15, 0.2) is 24.3 Å². The lowest BCUT2D eigenvalue weighted by molar-refractivity contribution is 0.0931. The third-order valence-corrected chi connectivity index (χ3v) is 7.47. The molecule has 1 unspecified atom stereocenters. The van der Waals surface area contributed by atoms with Crippen LogP contribution in [0.25, 0.3) is 0 Å². The predicted molar refractivity (Wildman–Crippen MR) is 118 cm³/mol. The summed E-state index contributed by atoms with van der Waals surface area (Å²) in [4.78, 5) is 15.8. The Kier molecular flexibility index (Phi) is 8.53. The molecule has 10 heteroatoms. The van der Waals surface area contributed by atoms with Gasteiger partial charge in [0.25, 0.3) is 10.2 Å².